The normalized spacial score (nSPS) is 10.0. The quantitative estimate of drug-likeness (QED) is 0.426. The molecule has 2 aromatic carbocycles. The van der Waals surface area contributed by atoms with Crippen molar-refractivity contribution in [3.05, 3.63) is 69.0 Å². The lowest BCUT2D eigenvalue weighted by molar-refractivity contribution is -0.384. The first-order valence-electron chi connectivity index (χ1n) is 6.10. The Kier molecular flexibility index (Phi) is 5.28. The van der Waals surface area contributed by atoms with Gasteiger partial charge in [-0.05, 0) is 24.3 Å². The molecule has 0 bridgehead atoms. The van der Waals surface area contributed by atoms with E-state index in [2.05, 4.69) is 4.98 Å². The van der Waals surface area contributed by atoms with Gasteiger partial charge in [-0.3, -0.25) is 10.1 Å². The number of halogens is 2. The van der Waals surface area contributed by atoms with Crippen LogP contribution in [0.4, 0.5) is 5.69 Å². The zero-order valence-corrected chi connectivity index (χ0v) is 14.4. The SMILES string of the molecule is Br.O=[N+]([O-])c1ccc(-c2csc(-c3ccc(Cl)cc3)n2)cc1. The van der Waals surface area contributed by atoms with Crippen LogP contribution in [0.25, 0.3) is 21.8 Å². The number of thiazole rings is 1. The minimum absolute atomic E-state index is 0. The molecule has 112 valence electrons. The first-order chi connectivity index (χ1) is 10.1. The van der Waals surface area contributed by atoms with Crippen molar-refractivity contribution >= 4 is 45.6 Å². The van der Waals surface area contributed by atoms with E-state index in [0.717, 1.165) is 21.8 Å². The monoisotopic (exact) mass is 396 g/mol. The average molecular weight is 398 g/mol. The van der Waals surface area contributed by atoms with Crippen LogP contribution in [0.15, 0.2) is 53.9 Å². The van der Waals surface area contributed by atoms with Crippen LogP contribution in [0.5, 0.6) is 0 Å². The molecule has 0 radical (unpaired) electrons. The lowest BCUT2D eigenvalue weighted by Crippen LogP contribution is -1.87. The fraction of sp³-hybridized carbons (Fsp3) is 0. The Morgan fingerprint density at radius 3 is 2.18 bits per heavy atom. The van der Waals surface area contributed by atoms with Gasteiger partial charge in [0.1, 0.15) is 5.01 Å². The maximum Gasteiger partial charge on any atom is 0.269 e. The Hall–Kier alpha value is -1.76. The summed E-state index contributed by atoms with van der Waals surface area (Å²) in [5.74, 6) is 0. The number of nitro groups is 1. The molecular weight excluding hydrogens is 388 g/mol. The smallest absolute Gasteiger partial charge is 0.258 e. The topological polar surface area (TPSA) is 56.0 Å². The largest absolute Gasteiger partial charge is 0.269 e. The summed E-state index contributed by atoms with van der Waals surface area (Å²) in [6.45, 7) is 0. The Balaban J connectivity index is 0.00000176. The molecule has 3 aromatic rings. The molecule has 0 spiro atoms. The van der Waals surface area contributed by atoms with Gasteiger partial charge in [0.2, 0.25) is 0 Å². The zero-order chi connectivity index (χ0) is 14.8. The summed E-state index contributed by atoms with van der Waals surface area (Å²) < 4.78 is 0. The van der Waals surface area contributed by atoms with Crippen LogP contribution >= 0.6 is 39.9 Å². The Bertz CT molecular complexity index is 788. The Labute approximate surface area is 146 Å². The molecule has 0 saturated carbocycles. The minimum atomic E-state index is -0.413. The summed E-state index contributed by atoms with van der Waals surface area (Å²) in [6.07, 6.45) is 0. The lowest BCUT2D eigenvalue weighted by atomic mass is 10.1. The van der Waals surface area contributed by atoms with E-state index in [9.17, 15) is 10.1 Å². The van der Waals surface area contributed by atoms with Crippen LogP contribution in [-0.4, -0.2) is 9.91 Å². The third kappa shape index (κ3) is 3.52. The second-order valence-corrected chi connectivity index (χ2v) is 5.64. The van der Waals surface area contributed by atoms with Crippen molar-refractivity contribution in [3.63, 3.8) is 0 Å². The molecule has 0 aliphatic carbocycles. The molecule has 0 saturated heterocycles. The highest BCUT2D eigenvalue weighted by Crippen LogP contribution is 2.30. The van der Waals surface area contributed by atoms with Gasteiger partial charge >= 0.3 is 0 Å². The number of rotatable bonds is 3. The summed E-state index contributed by atoms with van der Waals surface area (Å²) in [5.41, 5.74) is 2.74. The van der Waals surface area contributed by atoms with Crippen LogP contribution in [0.3, 0.4) is 0 Å². The number of nitro benzene ring substituents is 1. The number of hydrogen-bond acceptors (Lipinski definition) is 4. The molecule has 7 heteroatoms. The standard InChI is InChI=1S/C15H9ClN2O2S.BrH/c16-12-5-1-11(2-6-12)15-17-14(9-21-15)10-3-7-13(8-4-10)18(19)20;/h1-9H;1H. The Morgan fingerprint density at radius 2 is 1.59 bits per heavy atom. The molecular formula is C15H10BrClN2O2S. The van der Waals surface area contributed by atoms with E-state index in [1.54, 1.807) is 12.1 Å². The number of hydrogen-bond donors (Lipinski definition) is 0. The van der Waals surface area contributed by atoms with E-state index < -0.39 is 4.92 Å². The van der Waals surface area contributed by atoms with Crippen molar-refractivity contribution in [2.75, 3.05) is 0 Å². The molecule has 22 heavy (non-hydrogen) atoms. The second-order valence-electron chi connectivity index (χ2n) is 4.35. The fourth-order valence-electron chi connectivity index (χ4n) is 1.89. The minimum Gasteiger partial charge on any atom is -0.258 e. The summed E-state index contributed by atoms with van der Waals surface area (Å²) >= 11 is 7.39. The number of non-ortho nitro benzene ring substituents is 1. The average Bonchev–Trinajstić information content (AvgIpc) is 2.98. The van der Waals surface area contributed by atoms with Gasteiger partial charge in [0, 0.05) is 33.7 Å². The molecule has 3 rings (SSSR count). The van der Waals surface area contributed by atoms with Crippen molar-refractivity contribution in [1.82, 2.24) is 4.98 Å². The summed E-state index contributed by atoms with van der Waals surface area (Å²) in [5, 5.41) is 14.2. The molecule has 0 N–H and O–H groups in total. The first-order valence-corrected chi connectivity index (χ1v) is 7.35. The third-order valence-electron chi connectivity index (χ3n) is 2.97. The van der Waals surface area contributed by atoms with Crippen LogP contribution < -0.4 is 0 Å². The van der Waals surface area contributed by atoms with Gasteiger partial charge in [-0.15, -0.1) is 28.3 Å². The molecule has 1 heterocycles. The molecule has 0 amide bonds. The molecule has 0 aliphatic rings. The lowest BCUT2D eigenvalue weighted by Gasteiger charge is -1.97. The third-order valence-corrected chi connectivity index (χ3v) is 4.11. The predicted molar refractivity (Wildman–Crippen MR) is 95.0 cm³/mol. The van der Waals surface area contributed by atoms with E-state index in [1.165, 1.54) is 23.5 Å². The van der Waals surface area contributed by atoms with Gasteiger partial charge in [-0.25, -0.2) is 4.98 Å². The van der Waals surface area contributed by atoms with Gasteiger partial charge in [0.05, 0.1) is 10.6 Å². The molecule has 0 fully saturated rings. The van der Waals surface area contributed by atoms with Gasteiger partial charge in [-0.1, -0.05) is 23.7 Å². The van der Waals surface area contributed by atoms with Crippen LogP contribution in [0.2, 0.25) is 5.02 Å². The molecule has 0 atom stereocenters. The molecule has 4 nitrogen and oxygen atoms in total. The van der Waals surface area contributed by atoms with Crippen molar-refractivity contribution in [2.24, 2.45) is 0 Å². The number of aromatic nitrogens is 1. The van der Waals surface area contributed by atoms with Crippen molar-refractivity contribution in [2.45, 2.75) is 0 Å². The molecule has 1 aromatic heterocycles. The van der Waals surface area contributed by atoms with E-state index in [-0.39, 0.29) is 22.7 Å². The number of benzene rings is 2. The number of nitrogens with zero attached hydrogens (tertiary/aromatic N) is 2. The van der Waals surface area contributed by atoms with Crippen molar-refractivity contribution in [1.29, 1.82) is 0 Å². The van der Waals surface area contributed by atoms with Crippen molar-refractivity contribution < 1.29 is 4.92 Å². The Morgan fingerprint density at radius 1 is 1.00 bits per heavy atom. The van der Waals surface area contributed by atoms with E-state index in [0.29, 0.717) is 5.02 Å². The van der Waals surface area contributed by atoms with E-state index in [4.69, 9.17) is 11.6 Å². The highest BCUT2D eigenvalue weighted by atomic mass is 79.9. The van der Waals surface area contributed by atoms with Gasteiger partial charge in [0.25, 0.3) is 5.69 Å². The predicted octanol–water partition coefficient (Wildman–Crippen LogP) is 5.62. The van der Waals surface area contributed by atoms with Crippen molar-refractivity contribution in [3.8, 4) is 21.8 Å². The summed E-state index contributed by atoms with van der Waals surface area (Å²) in [6, 6.07) is 13.9. The van der Waals surface area contributed by atoms with Crippen LogP contribution in [-0.2, 0) is 0 Å². The zero-order valence-electron chi connectivity index (χ0n) is 11.1. The summed E-state index contributed by atoms with van der Waals surface area (Å²) in [7, 11) is 0. The first kappa shape index (κ1) is 16.6. The maximum absolute atomic E-state index is 10.6. The van der Waals surface area contributed by atoms with Crippen LogP contribution in [0.1, 0.15) is 0 Å². The molecule has 0 aliphatic heterocycles. The van der Waals surface area contributed by atoms with Gasteiger partial charge in [0.15, 0.2) is 0 Å². The van der Waals surface area contributed by atoms with Gasteiger partial charge in [-0.2, -0.15) is 0 Å². The highest BCUT2D eigenvalue weighted by molar-refractivity contribution is 8.93. The molecule has 0 unspecified atom stereocenters. The fourth-order valence-corrected chi connectivity index (χ4v) is 2.85. The van der Waals surface area contributed by atoms with E-state index in [1.807, 2.05) is 29.6 Å². The maximum atomic E-state index is 10.6. The summed E-state index contributed by atoms with van der Waals surface area (Å²) in [4.78, 5) is 14.8. The van der Waals surface area contributed by atoms with Crippen LogP contribution in [0, 0.1) is 10.1 Å². The van der Waals surface area contributed by atoms with Gasteiger partial charge < -0.3 is 0 Å². The second kappa shape index (κ2) is 7.00. The highest BCUT2D eigenvalue weighted by Gasteiger charge is 2.09. The van der Waals surface area contributed by atoms with E-state index >= 15 is 0 Å².